The van der Waals surface area contributed by atoms with Crippen LogP contribution in [0.15, 0.2) is 42.5 Å². The first-order valence-electron chi connectivity index (χ1n) is 6.17. The number of hydrogen-bond donors (Lipinski definition) is 3. The van der Waals surface area contributed by atoms with Crippen molar-refractivity contribution in [3.63, 3.8) is 0 Å². The van der Waals surface area contributed by atoms with E-state index in [4.69, 9.17) is 23.2 Å². The van der Waals surface area contributed by atoms with E-state index in [1.165, 1.54) is 18.2 Å². The molecule has 6 heteroatoms. The molecule has 21 heavy (non-hydrogen) atoms. The van der Waals surface area contributed by atoms with Gasteiger partial charge in [0.25, 0.3) is 0 Å². The zero-order valence-corrected chi connectivity index (χ0v) is 12.4. The van der Waals surface area contributed by atoms with Gasteiger partial charge in [-0.15, -0.1) is 0 Å². The number of phenolic OH excluding ortho intramolecular Hbond substituents is 1. The highest BCUT2D eigenvalue weighted by Crippen LogP contribution is 2.26. The fourth-order valence-corrected chi connectivity index (χ4v) is 2.08. The maximum Gasteiger partial charge on any atom is 0.227 e. The third-order valence-electron chi connectivity index (χ3n) is 2.86. The summed E-state index contributed by atoms with van der Waals surface area (Å²) in [6.45, 7) is 0. The van der Waals surface area contributed by atoms with Crippen LogP contribution >= 0.6 is 23.2 Å². The van der Waals surface area contributed by atoms with Crippen molar-refractivity contribution in [2.75, 3.05) is 5.32 Å². The molecule has 0 saturated heterocycles. The van der Waals surface area contributed by atoms with Gasteiger partial charge >= 0.3 is 0 Å². The molecule has 1 amide bonds. The number of aliphatic hydroxyl groups excluding tert-OH is 1. The lowest BCUT2D eigenvalue weighted by molar-refractivity contribution is -0.118. The maximum absolute atomic E-state index is 11.9. The van der Waals surface area contributed by atoms with Gasteiger partial charge in [-0.2, -0.15) is 0 Å². The Labute approximate surface area is 131 Å². The Bertz CT molecular complexity index is 644. The number of aliphatic hydroxyl groups is 1. The second-order valence-electron chi connectivity index (χ2n) is 4.49. The van der Waals surface area contributed by atoms with E-state index in [1.54, 1.807) is 24.3 Å². The van der Waals surface area contributed by atoms with Crippen LogP contribution in [0.2, 0.25) is 10.0 Å². The third-order valence-corrected chi connectivity index (χ3v) is 3.42. The highest BCUT2D eigenvalue weighted by Gasteiger charge is 2.13. The molecule has 2 rings (SSSR count). The summed E-state index contributed by atoms with van der Waals surface area (Å²) in [5, 5.41) is 22.6. The van der Waals surface area contributed by atoms with Crippen LogP contribution in [-0.2, 0) is 4.79 Å². The van der Waals surface area contributed by atoms with Crippen molar-refractivity contribution in [1.29, 1.82) is 0 Å². The number of carbonyl (C=O) groups is 1. The summed E-state index contributed by atoms with van der Waals surface area (Å²) in [4.78, 5) is 11.9. The number of rotatable bonds is 4. The molecule has 2 aromatic carbocycles. The number of amides is 1. The predicted molar refractivity (Wildman–Crippen MR) is 82.8 cm³/mol. The first-order valence-corrected chi connectivity index (χ1v) is 6.93. The van der Waals surface area contributed by atoms with Crippen LogP contribution in [0.3, 0.4) is 0 Å². The average Bonchev–Trinajstić information content (AvgIpc) is 2.43. The molecule has 0 aliphatic rings. The lowest BCUT2D eigenvalue weighted by atomic mass is 10.1. The van der Waals surface area contributed by atoms with Crippen LogP contribution in [0.4, 0.5) is 5.69 Å². The van der Waals surface area contributed by atoms with Gasteiger partial charge in [-0.05, 0) is 35.9 Å². The molecule has 2 aromatic rings. The molecule has 1 atom stereocenters. The summed E-state index contributed by atoms with van der Waals surface area (Å²) in [7, 11) is 0. The van der Waals surface area contributed by atoms with E-state index >= 15 is 0 Å². The minimum Gasteiger partial charge on any atom is -0.506 e. The number of phenols is 1. The van der Waals surface area contributed by atoms with E-state index in [0.717, 1.165) is 0 Å². The first kappa shape index (κ1) is 15.6. The monoisotopic (exact) mass is 325 g/mol. The Hall–Kier alpha value is -1.75. The highest BCUT2D eigenvalue weighted by molar-refractivity contribution is 6.32. The summed E-state index contributed by atoms with van der Waals surface area (Å²) < 4.78 is 0. The molecule has 0 aromatic heterocycles. The molecule has 0 saturated carbocycles. The van der Waals surface area contributed by atoms with Crippen molar-refractivity contribution >= 4 is 34.8 Å². The highest BCUT2D eigenvalue weighted by atomic mass is 35.5. The largest absolute Gasteiger partial charge is 0.506 e. The van der Waals surface area contributed by atoms with Gasteiger partial charge in [0.05, 0.1) is 17.5 Å². The summed E-state index contributed by atoms with van der Waals surface area (Å²) >= 11 is 11.5. The fourth-order valence-electron chi connectivity index (χ4n) is 1.78. The summed E-state index contributed by atoms with van der Waals surface area (Å²) in [6.07, 6.45) is -1.02. The molecule has 0 heterocycles. The molecule has 0 spiro atoms. The van der Waals surface area contributed by atoms with Gasteiger partial charge in [0.2, 0.25) is 5.91 Å². The first-order chi connectivity index (χ1) is 9.95. The summed E-state index contributed by atoms with van der Waals surface area (Å²) in [6, 6.07) is 11.0. The van der Waals surface area contributed by atoms with Gasteiger partial charge in [0.15, 0.2) is 0 Å². The number of halogens is 2. The Kier molecular flexibility index (Phi) is 5.07. The number of nitrogens with one attached hydrogen (secondary N) is 1. The SMILES string of the molecule is O=C(CC(O)c1ccc(Cl)cc1)Nc1ccc(O)c(Cl)c1. The Morgan fingerprint density at radius 3 is 2.43 bits per heavy atom. The van der Waals surface area contributed by atoms with Gasteiger partial charge < -0.3 is 15.5 Å². The number of aromatic hydroxyl groups is 1. The minimum absolute atomic E-state index is 0.0594. The molecule has 110 valence electrons. The zero-order valence-electron chi connectivity index (χ0n) is 10.9. The van der Waals surface area contributed by atoms with E-state index in [2.05, 4.69) is 5.32 Å². The van der Waals surface area contributed by atoms with E-state index in [-0.39, 0.29) is 23.1 Å². The lowest BCUT2D eigenvalue weighted by Gasteiger charge is -2.11. The number of benzene rings is 2. The Morgan fingerprint density at radius 1 is 1.14 bits per heavy atom. The maximum atomic E-state index is 11.9. The van der Waals surface area contributed by atoms with Gasteiger partial charge in [-0.25, -0.2) is 0 Å². The molecule has 0 bridgehead atoms. The van der Waals surface area contributed by atoms with Crippen LogP contribution in [-0.4, -0.2) is 16.1 Å². The summed E-state index contributed by atoms with van der Waals surface area (Å²) in [5.74, 6) is -0.421. The molecular weight excluding hydrogens is 313 g/mol. The van der Waals surface area contributed by atoms with Gasteiger partial charge in [-0.3, -0.25) is 4.79 Å². The van der Waals surface area contributed by atoms with Gasteiger partial charge in [-0.1, -0.05) is 35.3 Å². The van der Waals surface area contributed by atoms with Crippen LogP contribution in [0, 0.1) is 0 Å². The Balaban J connectivity index is 1.97. The quantitative estimate of drug-likeness (QED) is 0.749. The number of hydrogen-bond acceptors (Lipinski definition) is 3. The van der Waals surface area contributed by atoms with Crippen LogP contribution in [0.5, 0.6) is 5.75 Å². The topological polar surface area (TPSA) is 69.6 Å². The van der Waals surface area contributed by atoms with Gasteiger partial charge in [0.1, 0.15) is 5.75 Å². The Morgan fingerprint density at radius 2 is 1.81 bits per heavy atom. The van der Waals surface area contributed by atoms with Gasteiger partial charge in [0, 0.05) is 10.7 Å². The van der Waals surface area contributed by atoms with Crippen LogP contribution in [0.1, 0.15) is 18.1 Å². The standard InChI is InChI=1S/C15H13Cl2NO3/c16-10-3-1-9(2-4-10)14(20)8-15(21)18-11-5-6-13(19)12(17)7-11/h1-7,14,19-20H,8H2,(H,18,21). The predicted octanol–water partition coefficient (Wildman–Crippen LogP) is 3.76. The molecule has 0 aliphatic carbocycles. The molecule has 0 radical (unpaired) electrons. The minimum atomic E-state index is -0.921. The molecule has 0 fully saturated rings. The second-order valence-corrected chi connectivity index (χ2v) is 5.33. The molecule has 4 nitrogen and oxygen atoms in total. The van der Waals surface area contributed by atoms with E-state index in [1.807, 2.05) is 0 Å². The van der Waals surface area contributed by atoms with Crippen molar-refractivity contribution in [3.05, 3.63) is 58.1 Å². The molecule has 1 unspecified atom stereocenters. The number of carbonyl (C=O) groups excluding carboxylic acids is 1. The average molecular weight is 326 g/mol. The van der Waals surface area contributed by atoms with E-state index < -0.39 is 6.10 Å². The van der Waals surface area contributed by atoms with Crippen molar-refractivity contribution < 1.29 is 15.0 Å². The van der Waals surface area contributed by atoms with Crippen molar-refractivity contribution in [2.45, 2.75) is 12.5 Å². The fraction of sp³-hybridized carbons (Fsp3) is 0.133. The third kappa shape index (κ3) is 4.36. The lowest BCUT2D eigenvalue weighted by Crippen LogP contribution is -2.15. The van der Waals surface area contributed by atoms with E-state index in [9.17, 15) is 15.0 Å². The molecular formula is C15H13Cl2NO3. The smallest absolute Gasteiger partial charge is 0.227 e. The summed E-state index contributed by atoms with van der Waals surface area (Å²) in [5.41, 5.74) is 1.06. The van der Waals surface area contributed by atoms with Crippen molar-refractivity contribution in [2.24, 2.45) is 0 Å². The zero-order chi connectivity index (χ0) is 15.4. The molecule has 0 aliphatic heterocycles. The van der Waals surface area contributed by atoms with Crippen molar-refractivity contribution in [1.82, 2.24) is 0 Å². The normalized spacial score (nSPS) is 12.0. The number of anilines is 1. The van der Waals surface area contributed by atoms with Crippen LogP contribution < -0.4 is 5.32 Å². The van der Waals surface area contributed by atoms with Crippen molar-refractivity contribution in [3.8, 4) is 5.75 Å². The second kappa shape index (κ2) is 6.80. The molecule has 3 N–H and O–H groups in total. The van der Waals surface area contributed by atoms with Crippen LogP contribution in [0.25, 0.3) is 0 Å². The van der Waals surface area contributed by atoms with E-state index in [0.29, 0.717) is 16.3 Å².